The van der Waals surface area contributed by atoms with Crippen LogP contribution >= 0.6 is 0 Å². The maximum absolute atomic E-state index is 12.5. The molecule has 2 aromatic rings. The molecule has 1 amide bonds. The molecule has 2 rings (SSSR count). The van der Waals surface area contributed by atoms with E-state index in [0.717, 1.165) is 4.31 Å². The number of carbonyl (C=O) groups excluding carboxylic acids is 1. The van der Waals surface area contributed by atoms with E-state index >= 15 is 0 Å². The minimum absolute atomic E-state index is 0.0108. The Morgan fingerprint density at radius 2 is 2.00 bits per heavy atom. The van der Waals surface area contributed by atoms with E-state index in [1.54, 1.807) is 26.0 Å². The van der Waals surface area contributed by atoms with Crippen molar-refractivity contribution in [3.63, 3.8) is 0 Å². The quantitative estimate of drug-likeness (QED) is 0.863. The van der Waals surface area contributed by atoms with E-state index in [1.807, 2.05) is 0 Å². The minimum atomic E-state index is -3.72. The maximum atomic E-state index is 12.5. The van der Waals surface area contributed by atoms with Crippen LogP contribution in [0.5, 0.6) is 5.75 Å². The molecule has 1 aromatic carbocycles. The lowest BCUT2D eigenvalue weighted by Gasteiger charge is -2.16. The number of nitrogens with zero attached hydrogens (tertiary/aromatic N) is 1. The molecular formula is C16H20N2O5S. The topological polar surface area (TPSA) is 88.8 Å². The number of sulfonamides is 1. The summed E-state index contributed by atoms with van der Waals surface area (Å²) in [7, 11) is -0.850. The zero-order valence-electron chi connectivity index (χ0n) is 14.0. The van der Waals surface area contributed by atoms with E-state index in [1.165, 1.54) is 32.5 Å². The number of rotatable bonds is 6. The third-order valence-corrected chi connectivity index (χ3v) is 5.16. The highest BCUT2D eigenvalue weighted by atomic mass is 32.2. The number of hydrogen-bond donors (Lipinski definition) is 1. The lowest BCUT2D eigenvalue weighted by molar-refractivity contribution is 0.0996. The zero-order valence-corrected chi connectivity index (χ0v) is 14.8. The van der Waals surface area contributed by atoms with Gasteiger partial charge in [0.15, 0.2) is 5.76 Å². The van der Waals surface area contributed by atoms with Crippen LogP contribution in [0.2, 0.25) is 0 Å². The summed E-state index contributed by atoms with van der Waals surface area (Å²) in [4.78, 5) is 12.2. The van der Waals surface area contributed by atoms with Gasteiger partial charge in [0.1, 0.15) is 10.6 Å². The Bertz CT molecular complexity index is 840. The van der Waals surface area contributed by atoms with Crippen molar-refractivity contribution in [2.75, 3.05) is 26.0 Å². The molecule has 24 heavy (non-hydrogen) atoms. The normalized spacial score (nSPS) is 11.5. The highest BCUT2D eigenvalue weighted by Crippen LogP contribution is 2.29. The van der Waals surface area contributed by atoms with Crippen LogP contribution in [0.1, 0.15) is 23.0 Å². The Morgan fingerprint density at radius 3 is 2.54 bits per heavy atom. The average Bonchev–Trinajstić information content (AvgIpc) is 2.95. The van der Waals surface area contributed by atoms with Crippen LogP contribution in [0.3, 0.4) is 0 Å². The van der Waals surface area contributed by atoms with Crippen molar-refractivity contribution in [3.05, 3.63) is 41.9 Å². The van der Waals surface area contributed by atoms with Crippen molar-refractivity contribution in [1.82, 2.24) is 4.31 Å². The van der Waals surface area contributed by atoms with Crippen LogP contribution < -0.4 is 10.1 Å². The fourth-order valence-electron chi connectivity index (χ4n) is 2.05. The van der Waals surface area contributed by atoms with Gasteiger partial charge in [-0.25, -0.2) is 12.7 Å². The number of anilines is 1. The molecule has 0 aliphatic heterocycles. The van der Waals surface area contributed by atoms with Crippen molar-refractivity contribution in [2.45, 2.75) is 18.7 Å². The SMILES string of the molecule is CCOc1ccc(NC(=O)c2occc2C)cc1S(=O)(=O)N(C)C. The second kappa shape index (κ2) is 7.06. The minimum Gasteiger partial charge on any atom is -0.492 e. The third kappa shape index (κ3) is 3.60. The van der Waals surface area contributed by atoms with Crippen molar-refractivity contribution in [3.8, 4) is 5.75 Å². The molecule has 1 heterocycles. The summed E-state index contributed by atoms with van der Waals surface area (Å²) in [6.07, 6.45) is 1.42. The molecule has 0 unspecified atom stereocenters. The molecule has 1 N–H and O–H groups in total. The summed E-state index contributed by atoms with van der Waals surface area (Å²) in [6, 6.07) is 6.14. The van der Waals surface area contributed by atoms with Gasteiger partial charge >= 0.3 is 0 Å². The number of amides is 1. The molecule has 0 spiro atoms. The van der Waals surface area contributed by atoms with Crippen LogP contribution in [0.25, 0.3) is 0 Å². The highest BCUT2D eigenvalue weighted by Gasteiger charge is 2.23. The van der Waals surface area contributed by atoms with E-state index in [4.69, 9.17) is 9.15 Å². The Balaban J connectivity index is 2.39. The van der Waals surface area contributed by atoms with Gasteiger partial charge in [-0.15, -0.1) is 0 Å². The first-order valence-corrected chi connectivity index (χ1v) is 8.76. The summed E-state index contributed by atoms with van der Waals surface area (Å²) in [5.41, 5.74) is 1.03. The van der Waals surface area contributed by atoms with E-state index < -0.39 is 15.9 Å². The number of carbonyl (C=O) groups is 1. The van der Waals surface area contributed by atoms with Crippen LogP contribution in [0, 0.1) is 6.92 Å². The van der Waals surface area contributed by atoms with Crippen LogP contribution in [0.4, 0.5) is 5.69 Å². The summed E-state index contributed by atoms with van der Waals surface area (Å²) in [5.74, 6) is -0.0332. The molecule has 130 valence electrons. The predicted molar refractivity (Wildman–Crippen MR) is 89.9 cm³/mol. The third-order valence-electron chi connectivity index (χ3n) is 3.33. The Hall–Kier alpha value is -2.32. The summed E-state index contributed by atoms with van der Waals surface area (Å²) >= 11 is 0. The van der Waals surface area contributed by atoms with Gasteiger partial charge in [0.05, 0.1) is 12.9 Å². The van der Waals surface area contributed by atoms with Crippen molar-refractivity contribution in [1.29, 1.82) is 0 Å². The van der Waals surface area contributed by atoms with E-state index in [0.29, 0.717) is 17.9 Å². The Morgan fingerprint density at radius 1 is 1.29 bits per heavy atom. The molecule has 7 nitrogen and oxygen atoms in total. The second-order valence-electron chi connectivity index (χ2n) is 5.27. The Kier molecular flexibility index (Phi) is 5.30. The van der Waals surface area contributed by atoms with E-state index in [2.05, 4.69) is 5.32 Å². The number of furan rings is 1. The molecule has 1 aromatic heterocycles. The molecular weight excluding hydrogens is 332 g/mol. The molecule has 0 fully saturated rings. The molecule has 8 heteroatoms. The second-order valence-corrected chi connectivity index (χ2v) is 7.39. The number of nitrogens with one attached hydrogen (secondary N) is 1. The van der Waals surface area contributed by atoms with Crippen LogP contribution in [-0.2, 0) is 10.0 Å². The monoisotopic (exact) mass is 352 g/mol. The number of ether oxygens (including phenoxy) is 1. The predicted octanol–water partition coefficient (Wildman–Crippen LogP) is 2.49. The number of hydrogen-bond acceptors (Lipinski definition) is 5. The van der Waals surface area contributed by atoms with Crippen molar-refractivity contribution in [2.24, 2.45) is 0 Å². The van der Waals surface area contributed by atoms with Gasteiger partial charge in [0.25, 0.3) is 5.91 Å². The van der Waals surface area contributed by atoms with Crippen LogP contribution in [0.15, 0.2) is 39.8 Å². The highest BCUT2D eigenvalue weighted by molar-refractivity contribution is 7.89. The van der Waals surface area contributed by atoms with Crippen molar-refractivity contribution < 1.29 is 22.4 Å². The Labute approximate surface area is 141 Å². The molecule has 0 atom stereocenters. The first-order valence-electron chi connectivity index (χ1n) is 7.32. The largest absolute Gasteiger partial charge is 0.492 e. The summed E-state index contributed by atoms with van der Waals surface area (Å²) < 4.78 is 36.5. The van der Waals surface area contributed by atoms with Gasteiger partial charge in [-0.2, -0.15) is 0 Å². The summed E-state index contributed by atoms with van der Waals surface area (Å²) in [6.45, 7) is 3.84. The average molecular weight is 352 g/mol. The molecule has 0 bridgehead atoms. The number of benzene rings is 1. The molecule has 0 radical (unpaired) electrons. The first kappa shape index (κ1) is 18.0. The van der Waals surface area contributed by atoms with Gasteiger partial charge in [0.2, 0.25) is 10.0 Å². The lowest BCUT2D eigenvalue weighted by Crippen LogP contribution is -2.23. The fourth-order valence-corrected chi connectivity index (χ4v) is 3.10. The van der Waals surface area contributed by atoms with Gasteiger partial charge in [-0.3, -0.25) is 4.79 Å². The smallest absolute Gasteiger partial charge is 0.291 e. The van der Waals surface area contributed by atoms with Crippen molar-refractivity contribution >= 4 is 21.6 Å². The van der Waals surface area contributed by atoms with Gasteiger partial charge in [-0.05, 0) is 38.1 Å². The molecule has 0 saturated carbocycles. The summed E-state index contributed by atoms with van der Waals surface area (Å²) in [5, 5.41) is 2.63. The van der Waals surface area contributed by atoms with Gasteiger partial charge < -0.3 is 14.5 Å². The first-order chi connectivity index (χ1) is 11.3. The zero-order chi connectivity index (χ0) is 17.9. The fraction of sp³-hybridized carbons (Fsp3) is 0.312. The lowest BCUT2D eigenvalue weighted by atomic mass is 10.2. The number of aryl methyl sites for hydroxylation is 1. The van der Waals surface area contributed by atoms with Gasteiger partial charge in [-0.1, -0.05) is 0 Å². The van der Waals surface area contributed by atoms with E-state index in [9.17, 15) is 13.2 Å². The molecule has 0 aliphatic carbocycles. The maximum Gasteiger partial charge on any atom is 0.291 e. The molecule has 0 saturated heterocycles. The molecule has 0 aliphatic rings. The standard InChI is InChI=1S/C16H20N2O5S/c1-5-22-13-7-6-12(10-14(13)24(20,21)18(3)4)17-16(19)15-11(2)8-9-23-15/h6-10H,5H2,1-4H3,(H,17,19). The van der Waals surface area contributed by atoms with E-state index in [-0.39, 0.29) is 16.4 Å². The van der Waals surface area contributed by atoms with Gasteiger partial charge in [0, 0.05) is 25.3 Å². The van der Waals surface area contributed by atoms with Crippen LogP contribution in [-0.4, -0.2) is 39.3 Å².